The molecule has 5 rings (SSSR count). The third-order valence-corrected chi connectivity index (χ3v) is 7.23. The summed E-state index contributed by atoms with van der Waals surface area (Å²) in [6.45, 7) is 5.44. The predicted molar refractivity (Wildman–Crippen MR) is 127 cm³/mol. The zero-order valence-electron chi connectivity index (χ0n) is 17.4. The molecule has 1 aliphatic rings. The summed E-state index contributed by atoms with van der Waals surface area (Å²) in [5.41, 5.74) is 3.15. The van der Waals surface area contributed by atoms with Crippen molar-refractivity contribution in [2.24, 2.45) is 0 Å². The van der Waals surface area contributed by atoms with Gasteiger partial charge >= 0.3 is 0 Å². The smallest absolute Gasteiger partial charge is 0.260 e. The molecule has 4 aromatic rings. The highest BCUT2D eigenvalue weighted by atomic mass is 32.2. The second-order valence-corrected chi connectivity index (χ2v) is 9.79. The molecule has 0 fully saturated rings. The highest BCUT2D eigenvalue weighted by Crippen LogP contribution is 2.37. The van der Waals surface area contributed by atoms with E-state index in [2.05, 4.69) is 36.2 Å². The van der Waals surface area contributed by atoms with Gasteiger partial charge in [-0.05, 0) is 37.6 Å². The molecule has 0 saturated carbocycles. The summed E-state index contributed by atoms with van der Waals surface area (Å²) in [7, 11) is 0. The maximum atomic E-state index is 13.0. The Kier molecular flexibility index (Phi) is 5.46. The van der Waals surface area contributed by atoms with Gasteiger partial charge in [-0.1, -0.05) is 29.8 Å². The van der Waals surface area contributed by atoms with E-state index in [9.17, 15) is 4.79 Å². The summed E-state index contributed by atoms with van der Waals surface area (Å²) in [5.74, 6) is 2.80. The molecule has 158 valence electrons. The summed E-state index contributed by atoms with van der Waals surface area (Å²) >= 11 is 3.19. The Labute approximate surface area is 188 Å². The number of thiophene rings is 1. The maximum Gasteiger partial charge on any atom is 0.260 e. The van der Waals surface area contributed by atoms with Gasteiger partial charge in [0.05, 0.1) is 24.4 Å². The summed E-state index contributed by atoms with van der Waals surface area (Å²) in [5, 5.41) is 0.677. The fourth-order valence-electron chi connectivity index (χ4n) is 3.68. The lowest BCUT2D eigenvalue weighted by atomic mass is 10.0. The molecule has 0 saturated heterocycles. The van der Waals surface area contributed by atoms with Crippen molar-refractivity contribution in [1.82, 2.24) is 9.97 Å². The zero-order chi connectivity index (χ0) is 21.4. The van der Waals surface area contributed by atoms with Crippen molar-refractivity contribution in [3.05, 3.63) is 69.1 Å². The molecule has 5 nitrogen and oxygen atoms in total. The number of H-pyrrole nitrogens is 1. The van der Waals surface area contributed by atoms with Crippen LogP contribution in [-0.4, -0.2) is 23.2 Å². The molecule has 1 aliphatic heterocycles. The number of ether oxygens (including phenoxy) is 2. The molecule has 0 unspecified atom stereocenters. The molecule has 2 aromatic heterocycles. The van der Waals surface area contributed by atoms with E-state index < -0.39 is 0 Å². The van der Waals surface area contributed by atoms with Crippen molar-refractivity contribution >= 4 is 33.3 Å². The topological polar surface area (TPSA) is 64.2 Å². The van der Waals surface area contributed by atoms with Crippen LogP contribution in [0.5, 0.6) is 11.5 Å². The molecule has 7 heteroatoms. The average Bonchev–Trinajstić information content (AvgIpc) is 2.93. The van der Waals surface area contributed by atoms with E-state index >= 15 is 0 Å². The van der Waals surface area contributed by atoms with Gasteiger partial charge in [-0.3, -0.25) is 4.79 Å². The molecule has 1 N–H and O–H groups in total. The van der Waals surface area contributed by atoms with Crippen LogP contribution in [0, 0.1) is 13.8 Å². The number of aromatic amines is 1. The number of aromatic nitrogens is 2. The Morgan fingerprint density at radius 1 is 1.06 bits per heavy atom. The van der Waals surface area contributed by atoms with Crippen LogP contribution in [0.1, 0.15) is 22.7 Å². The van der Waals surface area contributed by atoms with E-state index in [0.717, 1.165) is 43.6 Å². The lowest BCUT2D eigenvalue weighted by Crippen LogP contribution is -2.10. The van der Waals surface area contributed by atoms with Crippen LogP contribution in [0.25, 0.3) is 21.3 Å². The minimum Gasteiger partial charge on any atom is -0.490 e. The van der Waals surface area contributed by atoms with Crippen LogP contribution < -0.4 is 15.0 Å². The summed E-state index contributed by atoms with van der Waals surface area (Å²) in [6.07, 6.45) is 0.882. The third-order valence-electron chi connectivity index (χ3n) is 5.22. The van der Waals surface area contributed by atoms with Crippen molar-refractivity contribution < 1.29 is 9.47 Å². The standard InChI is InChI=1S/C24H22N2O3S2/c1-14-4-6-16(7-5-14)21-15(2)31-24-22(21)23(27)25-20(26-24)13-30-17-8-9-18-19(12-17)29-11-3-10-28-18/h4-9,12H,3,10-11,13H2,1-2H3,(H,25,26,27). The van der Waals surface area contributed by atoms with E-state index in [-0.39, 0.29) is 5.56 Å². The van der Waals surface area contributed by atoms with Gasteiger partial charge in [0.2, 0.25) is 0 Å². The molecule has 0 bridgehead atoms. The van der Waals surface area contributed by atoms with E-state index in [1.807, 2.05) is 25.1 Å². The number of benzene rings is 2. The maximum absolute atomic E-state index is 13.0. The molecule has 0 spiro atoms. The summed E-state index contributed by atoms with van der Waals surface area (Å²) in [4.78, 5) is 23.7. The zero-order valence-corrected chi connectivity index (χ0v) is 19.0. The first kappa shape index (κ1) is 20.2. The average molecular weight is 451 g/mol. The molecule has 0 aliphatic carbocycles. The monoisotopic (exact) mass is 450 g/mol. The van der Waals surface area contributed by atoms with Gasteiger partial charge in [0.1, 0.15) is 10.7 Å². The Hall–Kier alpha value is -2.77. The minimum absolute atomic E-state index is 0.0841. The highest BCUT2D eigenvalue weighted by molar-refractivity contribution is 7.98. The van der Waals surface area contributed by atoms with Crippen molar-refractivity contribution in [3.8, 4) is 22.6 Å². The number of hydrogen-bond acceptors (Lipinski definition) is 6. The highest BCUT2D eigenvalue weighted by Gasteiger charge is 2.17. The summed E-state index contributed by atoms with van der Waals surface area (Å²) in [6, 6.07) is 14.2. The Bertz CT molecular complexity index is 1310. The Morgan fingerprint density at radius 2 is 1.84 bits per heavy atom. The van der Waals surface area contributed by atoms with Gasteiger partial charge in [0.25, 0.3) is 5.56 Å². The fraction of sp³-hybridized carbons (Fsp3) is 0.250. The quantitative estimate of drug-likeness (QED) is 0.403. The van der Waals surface area contributed by atoms with Crippen molar-refractivity contribution in [1.29, 1.82) is 0 Å². The van der Waals surface area contributed by atoms with E-state index in [1.54, 1.807) is 23.1 Å². The molecular weight excluding hydrogens is 428 g/mol. The van der Waals surface area contributed by atoms with Crippen LogP contribution in [-0.2, 0) is 5.75 Å². The normalized spacial score (nSPS) is 13.4. The Balaban J connectivity index is 1.42. The van der Waals surface area contributed by atoms with E-state index in [1.165, 1.54) is 5.56 Å². The van der Waals surface area contributed by atoms with Crippen LogP contribution in [0.15, 0.2) is 52.2 Å². The third kappa shape index (κ3) is 4.07. The molecule has 2 aromatic carbocycles. The van der Waals surface area contributed by atoms with Crippen LogP contribution in [0.2, 0.25) is 0 Å². The molecule has 0 amide bonds. The molecule has 31 heavy (non-hydrogen) atoms. The van der Waals surface area contributed by atoms with Crippen molar-refractivity contribution in [2.75, 3.05) is 13.2 Å². The van der Waals surface area contributed by atoms with Crippen molar-refractivity contribution in [2.45, 2.75) is 30.9 Å². The van der Waals surface area contributed by atoms with E-state index in [4.69, 9.17) is 14.5 Å². The van der Waals surface area contributed by atoms with Gasteiger partial charge in [0, 0.05) is 21.8 Å². The van der Waals surface area contributed by atoms with Gasteiger partial charge in [-0.25, -0.2) is 4.98 Å². The molecular formula is C24H22N2O3S2. The molecule has 0 radical (unpaired) electrons. The van der Waals surface area contributed by atoms with Crippen LogP contribution in [0.4, 0.5) is 0 Å². The first-order valence-corrected chi connectivity index (χ1v) is 12.0. The van der Waals surface area contributed by atoms with Crippen molar-refractivity contribution in [3.63, 3.8) is 0 Å². The predicted octanol–water partition coefficient (Wildman–Crippen LogP) is 5.72. The van der Waals surface area contributed by atoms with Gasteiger partial charge < -0.3 is 14.5 Å². The van der Waals surface area contributed by atoms with Gasteiger partial charge in [-0.2, -0.15) is 0 Å². The number of hydrogen-bond donors (Lipinski definition) is 1. The number of fused-ring (bicyclic) bond motifs is 2. The van der Waals surface area contributed by atoms with Crippen LogP contribution in [0.3, 0.4) is 0 Å². The van der Waals surface area contributed by atoms with Crippen LogP contribution >= 0.6 is 23.1 Å². The van der Waals surface area contributed by atoms with Gasteiger partial charge in [0.15, 0.2) is 11.5 Å². The lowest BCUT2D eigenvalue weighted by Gasteiger charge is -2.09. The fourth-order valence-corrected chi connectivity index (χ4v) is 5.54. The summed E-state index contributed by atoms with van der Waals surface area (Å²) < 4.78 is 11.5. The second-order valence-electron chi connectivity index (χ2n) is 7.54. The van der Waals surface area contributed by atoms with Gasteiger partial charge in [-0.15, -0.1) is 23.1 Å². The number of rotatable bonds is 4. The number of nitrogens with zero attached hydrogens (tertiary/aromatic N) is 1. The second kappa shape index (κ2) is 8.40. The minimum atomic E-state index is -0.0841. The lowest BCUT2D eigenvalue weighted by molar-refractivity contribution is 0.297. The molecule has 3 heterocycles. The molecule has 0 atom stereocenters. The largest absolute Gasteiger partial charge is 0.490 e. The Morgan fingerprint density at radius 3 is 2.65 bits per heavy atom. The number of thioether (sulfide) groups is 1. The first-order valence-electron chi connectivity index (χ1n) is 10.2. The SMILES string of the molecule is Cc1ccc(-c2c(C)sc3nc(CSc4ccc5c(c4)OCCCO5)[nH]c(=O)c23)cc1. The number of aryl methyl sites for hydroxylation is 2. The first-order chi connectivity index (χ1) is 15.1. The van der Waals surface area contributed by atoms with E-state index in [0.29, 0.717) is 30.2 Å². The number of nitrogens with one attached hydrogen (secondary N) is 1.